The van der Waals surface area contributed by atoms with Gasteiger partial charge < -0.3 is 19.4 Å². The first-order valence-corrected chi connectivity index (χ1v) is 11.3. The molecule has 0 N–H and O–H groups in total. The number of ether oxygens (including phenoxy) is 1. The minimum absolute atomic E-state index is 0.0136. The Morgan fingerprint density at radius 2 is 1.62 bits per heavy atom. The van der Waals surface area contributed by atoms with E-state index < -0.39 is 0 Å². The molecular weight excluding hydrogens is 402 g/mol. The maximum absolute atomic E-state index is 13.1. The molecule has 1 aliphatic heterocycles. The highest BCUT2D eigenvalue weighted by atomic mass is 16.5. The van der Waals surface area contributed by atoms with Gasteiger partial charge in [0.15, 0.2) is 0 Å². The van der Waals surface area contributed by atoms with Crippen molar-refractivity contribution in [2.45, 2.75) is 38.3 Å². The van der Waals surface area contributed by atoms with E-state index in [0.717, 1.165) is 29.7 Å². The highest BCUT2D eigenvalue weighted by Gasteiger charge is 2.30. The Balaban J connectivity index is 1.65. The predicted octanol–water partition coefficient (Wildman–Crippen LogP) is 3.77. The molecule has 1 saturated heterocycles. The molecular formula is C26H35N3O3. The zero-order valence-corrected chi connectivity index (χ0v) is 19.9. The smallest absolute Gasteiger partial charge is 0.253 e. The highest BCUT2D eigenvalue weighted by molar-refractivity contribution is 5.93. The SMILES string of the molecule is CCN(C(=O)Cc1ccc(N(C)C)cc1)[C@@H]1CCO[C@H](c2ccc(C(=O)N(C)C)cc2)C1. The summed E-state index contributed by atoms with van der Waals surface area (Å²) in [7, 11) is 7.51. The second kappa shape index (κ2) is 10.6. The largest absolute Gasteiger partial charge is 0.378 e. The molecule has 1 fully saturated rings. The van der Waals surface area contributed by atoms with Crippen molar-refractivity contribution >= 4 is 17.5 Å². The van der Waals surface area contributed by atoms with Gasteiger partial charge in [-0.2, -0.15) is 0 Å². The average Bonchev–Trinajstić information content (AvgIpc) is 2.79. The van der Waals surface area contributed by atoms with Crippen LogP contribution in [0.5, 0.6) is 0 Å². The Labute approximate surface area is 191 Å². The van der Waals surface area contributed by atoms with Crippen LogP contribution >= 0.6 is 0 Å². The number of benzene rings is 2. The van der Waals surface area contributed by atoms with Crippen LogP contribution in [0.2, 0.25) is 0 Å². The van der Waals surface area contributed by atoms with Gasteiger partial charge in [0.1, 0.15) is 0 Å². The summed E-state index contributed by atoms with van der Waals surface area (Å²) < 4.78 is 6.03. The fourth-order valence-corrected chi connectivity index (χ4v) is 4.22. The van der Waals surface area contributed by atoms with Crippen LogP contribution in [0.3, 0.4) is 0 Å². The summed E-state index contributed by atoms with van der Waals surface area (Å²) in [5.41, 5.74) is 3.87. The second-order valence-electron chi connectivity index (χ2n) is 8.78. The number of likely N-dealkylation sites (N-methyl/N-ethyl adjacent to an activating group) is 1. The maximum atomic E-state index is 13.1. The first-order chi connectivity index (χ1) is 15.3. The van der Waals surface area contributed by atoms with Gasteiger partial charge in [0.05, 0.1) is 12.5 Å². The molecule has 0 unspecified atom stereocenters. The van der Waals surface area contributed by atoms with Gasteiger partial charge in [-0.25, -0.2) is 0 Å². The van der Waals surface area contributed by atoms with E-state index in [2.05, 4.69) is 4.90 Å². The van der Waals surface area contributed by atoms with E-state index in [4.69, 9.17) is 4.74 Å². The number of anilines is 1. The predicted molar refractivity (Wildman–Crippen MR) is 128 cm³/mol. The zero-order chi connectivity index (χ0) is 23.3. The molecule has 2 atom stereocenters. The van der Waals surface area contributed by atoms with Crippen LogP contribution in [0.25, 0.3) is 0 Å². The van der Waals surface area contributed by atoms with E-state index in [9.17, 15) is 9.59 Å². The molecule has 2 aromatic rings. The normalized spacial score (nSPS) is 18.2. The zero-order valence-electron chi connectivity index (χ0n) is 19.9. The van der Waals surface area contributed by atoms with E-state index in [1.165, 1.54) is 0 Å². The monoisotopic (exact) mass is 437 g/mol. The number of amides is 2. The molecule has 0 aliphatic carbocycles. The first-order valence-electron chi connectivity index (χ1n) is 11.3. The number of hydrogen-bond acceptors (Lipinski definition) is 4. The van der Waals surface area contributed by atoms with Gasteiger partial charge in [0.25, 0.3) is 5.91 Å². The van der Waals surface area contributed by atoms with Gasteiger partial charge in [-0.05, 0) is 55.2 Å². The topological polar surface area (TPSA) is 53.1 Å². The van der Waals surface area contributed by atoms with Crippen molar-refractivity contribution in [1.29, 1.82) is 0 Å². The van der Waals surface area contributed by atoms with Crippen molar-refractivity contribution in [3.05, 3.63) is 65.2 Å². The molecule has 6 heteroatoms. The number of carbonyl (C=O) groups excluding carboxylic acids is 2. The van der Waals surface area contributed by atoms with Gasteiger partial charge >= 0.3 is 0 Å². The van der Waals surface area contributed by atoms with E-state index in [1.807, 2.05) is 74.4 Å². The summed E-state index contributed by atoms with van der Waals surface area (Å²) in [6.45, 7) is 3.34. The number of carbonyl (C=O) groups is 2. The molecule has 0 bridgehead atoms. The van der Waals surface area contributed by atoms with Gasteiger partial charge in [-0.15, -0.1) is 0 Å². The van der Waals surface area contributed by atoms with E-state index in [1.54, 1.807) is 19.0 Å². The number of rotatable bonds is 7. The Kier molecular flexibility index (Phi) is 7.91. The van der Waals surface area contributed by atoms with Crippen molar-refractivity contribution < 1.29 is 14.3 Å². The molecule has 3 rings (SSSR count). The summed E-state index contributed by atoms with van der Waals surface area (Å²) in [6, 6.07) is 15.9. The van der Waals surface area contributed by atoms with Crippen LogP contribution in [-0.2, 0) is 16.0 Å². The van der Waals surface area contributed by atoms with Crippen molar-refractivity contribution in [2.24, 2.45) is 0 Å². The van der Waals surface area contributed by atoms with Gasteiger partial charge in [-0.1, -0.05) is 24.3 Å². The molecule has 6 nitrogen and oxygen atoms in total. The summed E-state index contributed by atoms with van der Waals surface area (Å²) in [5, 5.41) is 0. The van der Waals surface area contributed by atoms with Crippen LogP contribution in [0.1, 0.15) is 47.4 Å². The third kappa shape index (κ3) is 5.68. The summed E-state index contributed by atoms with van der Waals surface area (Å²) in [5.74, 6) is 0.142. The Morgan fingerprint density at radius 3 is 2.19 bits per heavy atom. The molecule has 1 aliphatic rings. The Morgan fingerprint density at radius 1 is 0.969 bits per heavy atom. The molecule has 2 amide bonds. The van der Waals surface area contributed by atoms with E-state index in [-0.39, 0.29) is 24.0 Å². The van der Waals surface area contributed by atoms with E-state index in [0.29, 0.717) is 25.1 Å². The lowest BCUT2D eigenvalue weighted by atomic mass is 9.95. The lowest BCUT2D eigenvalue weighted by Gasteiger charge is -2.37. The van der Waals surface area contributed by atoms with Crippen molar-refractivity contribution in [3.63, 3.8) is 0 Å². The van der Waals surface area contributed by atoms with Gasteiger partial charge in [-0.3, -0.25) is 9.59 Å². The van der Waals surface area contributed by atoms with Crippen molar-refractivity contribution in [2.75, 3.05) is 46.2 Å². The molecule has 1 heterocycles. The molecule has 0 radical (unpaired) electrons. The maximum Gasteiger partial charge on any atom is 0.253 e. The first kappa shape index (κ1) is 23.8. The third-order valence-corrected chi connectivity index (χ3v) is 6.10. The standard InChI is InChI=1S/C26H35N3O3/c1-6-29(25(30)17-19-7-13-22(14-8-19)27(2)3)23-15-16-32-24(18-23)20-9-11-21(12-10-20)26(31)28(4)5/h7-14,23-24H,6,15-18H2,1-5H3/t23-,24+/m1/s1. The molecule has 172 valence electrons. The number of hydrogen-bond donors (Lipinski definition) is 0. The lowest BCUT2D eigenvalue weighted by Crippen LogP contribution is -2.44. The summed E-state index contributed by atoms with van der Waals surface area (Å²) in [6.07, 6.45) is 1.94. The fourth-order valence-electron chi connectivity index (χ4n) is 4.22. The molecule has 0 aromatic heterocycles. The molecule has 32 heavy (non-hydrogen) atoms. The quantitative estimate of drug-likeness (QED) is 0.662. The minimum Gasteiger partial charge on any atom is -0.378 e. The average molecular weight is 438 g/mol. The van der Waals surface area contributed by atoms with Crippen LogP contribution in [0.15, 0.2) is 48.5 Å². The van der Waals surface area contributed by atoms with Crippen LogP contribution in [0, 0.1) is 0 Å². The Hall–Kier alpha value is -2.86. The minimum atomic E-state index is -0.0708. The molecule has 0 saturated carbocycles. The highest BCUT2D eigenvalue weighted by Crippen LogP contribution is 2.31. The van der Waals surface area contributed by atoms with Crippen LogP contribution in [-0.4, -0.2) is 69.0 Å². The fraction of sp³-hybridized carbons (Fsp3) is 0.462. The van der Waals surface area contributed by atoms with E-state index >= 15 is 0 Å². The molecule has 0 spiro atoms. The third-order valence-electron chi connectivity index (χ3n) is 6.10. The lowest BCUT2D eigenvalue weighted by molar-refractivity contribution is -0.136. The second-order valence-corrected chi connectivity index (χ2v) is 8.78. The van der Waals surface area contributed by atoms with Crippen molar-refractivity contribution in [3.8, 4) is 0 Å². The van der Waals surface area contributed by atoms with Crippen LogP contribution < -0.4 is 4.90 Å². The van der Waals surface area contributed by atoms with Crippen molar-refractivity contribution in [1.82, 2.24) is 9.80 Å². The summed E-state index contributed by atoms with van der Waals surface area (Å²) >= 11 is 0. The van der Waals surface area contributed by atoms with Gasteiger partial charge in [0, 0.05) is 58.6 Å². The van der Waals surface area contributed by atoms with Crippen LogP contribution in [0.4, 0.5) is 5.69 Å². The molecule has 2 aromatic carbocycles. The number of nitrogens with zero attached hydrogens (tertiary/aromatic N) is 3. The van der Waals surface area contributed by atoms with Gasteiger partial charge in [0.2, 0.25) is 5.91 Å². The summed E-state index contributed by atoms with van der Waals surface area (Å²) in [4.78, 5) is 30.9. The Bertz CT molecular complexity index is 907.